The van der Waals surface area contributed by atoms with E-state index in [1.54, 1.807) is 23.1 Å². The van der Waals surface area contributed by atoms with E-state index in [2.05, 4.69) is 0 Å². The molecule has 2 aliphatic heterocycles. The number of carbonyl (C=O) groups excluding carboxylic acids is 1. The fourth-order valence-corrected chi connectivity index (χ4v) is 4.71. The average Bonchev–Trinajstić information content (AvgIpc) is 2.95. The standard InChI is InChI=1S/C19H19ClN2O4S/c1-27(24,25)22-11-9-18(26-17-7-6-14(20)12-16(17)22)19(23)21-10-8-13-4-2-3-5-15(13)21/h2-7,12,18H,8-11H2,1H3/t18-/m0/s1. The van der Waals surface area contributed by atoms with E-state index in [1.165, 1.54) is 4.31 Å². The maximum atomic E-state index is 13.2. The van der Waals surface area contributed by atoms with Gasteiger partial charge >= 0.3 is 0 Å². The van der Waals surface area contributed by atoms with E-state index in [-0.39, 0.29) is 18.9 Å². The minimum atomic E-state index is -3.53. The van der Waals surface area contributed by atoms with Gasteiger partial charge in [-0.05, 0) is 36.2 Å². The highest BCUT2D eigenvalue weighted by atomic mass is 35.5. The average molecular weight is 407 g/mol. The van der Waals surface area contributed by atoms with E-state index in [4.69, 9.17) is 16.3 Å². The molecule has 0 N–H and O–H groups in total. The van der Waals surface area contributed by atoms with Gasteiger partial charge in [-0.3, -0.25) is 9.10 Å². The van der Waals surface area contributed by atoms with Gasteiger partial charge in [0.1, 0.15) is 5.75 Å². The van der Waals surface area contributed by atoms with Gasteiger partial charge in [0, 0.05) is 30.2 Å². The Morgan fingerprint density at radius 2 is 1.93 bits per heavy atom. The van der Waals surface area contributed by atoms with Crippen LogP contribution in [0.15, 0.2) is 42.5 Å². The fourth-order valence-electron chi connectivity index (χ4n) is 3.61. The summed E-state index contributed by atoms with van der Waals surface area (Å²) < 4.78 is 31.7. The van der Waals surface area contributed by atoms with Gasteiger partial charge < -0.3 is 9.64 Å². The van der Waals surface area contributed by atoms with Crippen molar-refractivity contribution in [2.45, 2.75) is 18.9 Å². The van der Waals surface area contributed by atoms with Crippen molar-refractivity contribution in [3.63, 3.8) is 0 Å². The van der Waals surface area contributed by atoms with Crippen molar-refractivity contribution >= 4 is 38.9 Å². The highest BCUT2D eigenvalue weighted by molar-refractivity contribution is 7.92. The van der Waals surface area contributed by atoms with Gasteiger partial charge in [0.15, 0.2) is 6.10 Å². The Kier molecular flexibility index (Phi) is 4.52. The van der Waals surface area contributed by atoms with Crippen molar-refractivity contribution in [1.82, 2.24) is 0 Å². The molecule has 1 amide bonds. The number of halogens is 1. The number of anilines is 2. The minimum Gasteiger partial charge on any atom is -0.478 e. The van der Waals surface area contributed by atoms with Gasteiger partial charge in [0.05, 0.1) is 11.9 Å². The second-order valence-corrected chi connectivity index (χ2v) is 9.05. The molecule has 27 heavy (non-hydrogen) atoms. The van der Waals surface area contributed by atoms with E-state index >= 15 is 0 Å². The molecule has 4 rings (SSSR count). The number of benzene rings is 2. The quantitative estimate of drug-likeness (QED) is 0.769. The second kappa shape index (κ2) is 6.73. The van der Waals surface area contributed by atoms with Gasteiger partial charge in [0.25, 0.3) is 5.91 Å². The number of fused-ring (bicyclic) bond motifs is 2. The van der Waals surface area contributed by atoms with E-state index in [9.17, 15) is 13.2 Å². The van der Waals surface area contributed by atoms with Gasteiger partial charge in [-0.15, -0.1) is 0 Å². The first-order valence-corrected chi connectivity index (χ1v) is 10.9. The number of hydrogen-bond acceptors (Lipinski definition) is 4. The zero-order chi connectivity index (χ0) is 19.2. The first kappa shape index (κ1) is 18.1. The number of sulfonamides is 1. The third-order valence-electron chi connectivity index (χ3n) is 4.88. The third-order valence-corrected chi connectivity index (χ3v) is 6.30. The van der Waals surface area contributed by atoms with Crippen molar-refractivity contribution < 1.29 is 17.9 Å². The predicted molar refractivity (Wildman–Crippen MR) is 105 cm³/mol. The molecule has 0 bridgehead atoms. The summed E-state index contributed by atoms with van der Waals surface area (Å²) in [6.45, 7) is 0.749. The van der Waals surface area contributed by atoms with Crippen molar-refractivity contribution in [1.29, 1.82) is 0 Å². The Morgan fingerprint density at radius 1 is 1.15 bits per heavy atom. The summed E-state index contributed by atoms with van der Waals surface area (Å²) in [5, 5.41) is 0.407. The summed E-state index contributed by atoms with van der Waals surface area (Å²) in [5.41, 5.74) is 2.39. The Morgan fingerprint density at radius 3 is 2.70 bits per heavy atom. The van der Waals surface area contributed by atoms with Crippen molar-refractivity contribution in [2.24, 2.45) is 0 Å². The minimum absolute atomic E-state index is 0.151. The molecule has 2 aromatic carbocycles. The van der Waals surface area contributed by atoms with Crippen LogP contribution in [0.5, 0.6) is 5.75 Å². The molecule has 0 aliphatic carbocycles. The van der Waals surface area contributed by atoms with Crippen LogP contribution in [0.3, 0.4) is 0 Å². The molecule has 142 valence electrons. The molecule has 2 aromatic rings. The summed E-state index contributed by atoms with van der Waals surface area (Å²) in [6, 6.07) is 12.6. The largest absolute Gasteiger partial charge is 0.478 e. The summed E-state index contributed by atoms with van der Waals surface area (Å²) >= 11 is 6.05. The Hall–Kier alpha value is -2.25. The van der Waals surface area contributed by atoms with Crippen LogP contribution >= 0.6 is 11.6 Å². The molecule has 0 saturated heterocycles. The Bertz CT molecular complexity index is 1010. The molecule has 0 saturated carbocycles. The molecule has 2 heterocycles. The van der Waals surface area contributed by atoms with Crippen molar-refractivity contribution in [2.75, 3.05) is 28.6 Å². The number of nitrogens with zero attached hydrogens (tertiary/aromatic N) is 2. The molecule has 0 fully saturated rings. The first-order valence-electron chi connectivity index (χ1n) is 8.68. The van der Waals surface area contributed by atoms with Gasteiger partial charge in [-0.25, -0.2) is 8.42 Å². The Labute approximate surface area is 163 Å². The van der Waals surface area contributed by atoms with Crippen LogP contribution < -0.4 is 13.9 Å². The van der Waals surface area contributed by atoms with Crippen LogP contribution in [-0.4, -0.2) is 39.8 Å². The second-order valence-electron chi connectivity index (χ2n) is 6.71. The van der Waals surface area contributed by atoms with E-state index < -0.39 is 16.1 Å². The predicted octanol–water partition coefficient (Wildman–Crippen LogP) is 2.85. The number of hydrogen-bond donors (Lipinski definition) is 0. The van der Waals surface area contributed by atoms with Crippen LogP contribution in [0.2, 0.25) is 5.02 Å². The lowest BCUT2D eigenvalue weighted by atomic mass is 10.1. The lowest BCUT2D eigenvalue weighted by Gasteiger charge is -2.23. The van der Waals surface area contributed by atoms with Crippen LogP contribution in [0, 0.1) is 0 Å². The Balaban J connectivity index is 1.67. The van der Waals surface area contributed by atoms with Crippen LogP contribution in [-0.2, 0) is 21.2 Å². The van der Waals surface area contributed by atoms with Crippen LogP contribution in [0.4, 0.5) is 11.4 Å². The van der Waals surface area contributed by atoms with Gasteiger partial charge in [-0.2, -0.15) is 0 Å². The molecule has 2 aliphatic rings. The number of ether oxygens (including phenoxy) is 1. The number of para-hydroxylation sites is 1. The number of rotatable bonds is 2. The van der Waals surface area contributed by atoms with Crippen LogP contribution in [0.25, 0.3) is 0 Å². The first-order chi connectivity index (χ1) is 12.8. The zero-order valence-electron chi connectivity index (χ0n) is 14.8. The fraction of sp³-hybridized carbons (Fsp3) is 0.316. The number of amides is 1. The molecule has 1 atom stereocenters. The van der Waals surface area contributed by atoms with Gasteiger partial charge in [0.2, 0.25) is 10.0 Å². The zero-order valence-corrected chi connectivity index (χ0v) is 16.3. The van der Waals surface area contributed by atoms with E-state index in [0.717, 1.165) is 23.9 Å². The van der Waals surface area contributed by atoms with Crippen molar-refractivity contribution in [3.05, 3.63) is 53.1 Å². The summed E-state index contributed by atoms with van der Waals surface area (Å²) in [4.78, 5) is 14.9. The van der Waals surface area contributed by atoms with Gasteiger partial charge in [-0.1, -0.05) is 29.8 Å². The molecular formula is C19H19ClN2O4S. The molecule has 0 unspecified atom stereocenters. The topological polar surface area (TPSA) is 66.9 Å². The molecule has 0 spiro atoms. The van der Waals surface area contributed by atoms with E-state index in [0.29, 0.717) is 23.0 Å². The van der Waals surface area contributed by atoms with Crippen molar-refractivity contribution in [3.8, 4) is 5.75 Å². The summed E-state index contributed by atoms with van der Waals surface area (Å²) in [5.74, 6) is 0.185. The summed E-state index contributed by atoms with van der Waals surface area (Å²) in [7, 11) is -3.53. The lowest BCUT2D eigenvalue weighted by Crippen LogP contribution is -2.42. The lowest BCUT2D eigenvalue weighted by molar-refractivity contribution is -0.125. The van der Waals surface area contributed by atoms with Crippen LogP contribution in [0.1, 0.15) is 12.0 Å². The highest BCUT2D eigenvalue weighted by Crippen LogP contribution is 2.37. The normalized spacial score (nSPS) is 19.1. The monoisotopic (exact) mass is 406 g/mol. The third kappa shape index (κ3) is 3.37. The molecular weight excluding hydrogens is 388 g/mol. The molecule has 8 heteroatoms. The SMILES string of the molecule is CS(=O)(=O)N1CC[C@@H](C(=O)N2CCc3ccccc32)Oc2ccc(Cl)cc21. The maximum absolute atomic E-state index is 13.2. The smallest absolute Gasteiger partial charge is 0.268 e. The number of carbonyl (C=O) groups is 1. The van der Waals surface area contributed by atoms with E-state index in [1.807, 2.05) is 24.3 Å². The molecule has 0 aromatic heterocycles. The molecule has 0 radical (unpaired) electrons. The highest BCUT2D eigenvalue weighted by Gasteiger charge is 2.35. The summed E-state index contributed by atoms with van der Waals surface area (Å²) in [6.07, 6.45) is 1.44. The molecule has 6 nitrogen and oxygen atoms in total. The maximum Gasteiger partial charge on any atom is 0.268 e.